The summed E-state index contributed by atoms with van der Waals surface area (Å²) in [6.07, 6.45) is 4.03. The largest absolute Gasteiger partial charge is 0.430 e. The predicted octanol–water partition coefficient (Wildman–Crippen LogP) is 3.56. The zero-order valence-electron chi connectivity index (χ0n) is 10.5. The SMILES string of the molecule is O=S(=O)([N-]c1nc2c(s1)CCCC2)c1ccc(F)cc1. The molecule has 1 heterocycles. The Morgan fingerprint density at radius 2 is 1.85 bits per heavy atom. The van der Waals surface area contributed by atoms with E-state index in [9.17, 15) is 12.8 Å². The lowest BCUT2D eigenvalue weighted by Gasteiger charge is -2.12. The quantitative estimate of drug-likeness (QED) is 0.871. The van der Waals surface area contributed by atoms with Gasteiger partial charge < -0.3 is 9.71 Å². The number of nitrogens with zero attached hydrogens (tertiary/aromatic N) is 2. The van der Waals surface area contributed by atoms with E-state index in [2.05, 4.69) is 9.71 Å². The van der Waals surface area contributed by atoms with Crippen LogP contribution in [0.1, 0.15) is 23.4 Å². The highest BCUT2D eigenvalue weighted by atomic mass is 32.2. The zero-order chi connectivity index (χ0) is 14.2. The maximum atomic E-state index is 12.8. The van der Waals surface area contributed by atoms with E-state index < -0.39 is 15.8 Å². The Balaban J connectivity index is 1.86. The van der Waals surface area contributed by atoms with E-state index in [1.54, 1.807) is 0 Å². The number of thiazole rings is 1. The van der Waals surface area contributed by atoms with E-state index in [-0.39, 0.29) is 10.0 Å². The summed E-state index contributed by atoms with van der Waals surface area (Å²) in [5, 5.41) is 0.265. The van der Waals surface area contributed by atoms with Crippen molar-refractivity contribution in [2.45, 2.75) is 30.6 Å². The second-order valence-corrected chi connectivity index (χ2v) is 7.26. The minimum atomic E-state index is -3.82. The van der Waals surface area contributed by atoms with Crippen molar-refractivity contribution >= 4 is 26.5 Å². The minimum Gasteiger partial charge on any atom is -0.430 e. The van der Waals surface area contributed by atoms with Crippen molar-refractivity contribution in [3.63, 3.8) is 0 Å². The van der Waals surface area contributed by atoms with Crippen LogP contribution >= 0.6 is 11.3 Å². The topological polar surface area (TPSA) is 61.1 Å². The van der Waals surface area contributed by atoms with Crippen LogP contribution in [-0.4, -0.2) is 13.4 Å². The zero-order valence-corrected chi connectivity index (χ0v) is 12.2. The molecule has 0 radical (unpaired) electrons. The van der Waals surface area contributed by atoms with E-state index in [1.807, 2.05) is 0 Å². The summed E-state index contributed by atoms with van der Waals surface area (Å²) in [6, 6.07) is 4.63. The Bertz CT molecular complexity index is 700. The van der Waals surface area contributed by atoms with E-state index in [0.29, 0.717) is 0 Å². The third kappa shape index (κ3) is 2.69. The van der Waals surface area contributed by atoms with Crippen LogP contribution in [-0.2, 0) is 22.9 Å². The second kappa shape index (κ2) is 5.14. The van der Waals surface area contributed by atoms with Gasteiger partial charge in [0.1, 0.15) is 5.82 Å². The van der Waals surface area contributed by atoms with Crippen molar-refractivity contribution in [3.8, 4) is 0 Å². The van der Waals surface area contributed by atoms with Crippen LogP contribution in [0.2, 0.25) is 0 Å². The van der Waals surface area contributed by atoms with Crippen molar-refractivity contribution in [2.75, 3.05) is 0 Å². The standard InChI is InChI=1S/C13H12FN2O2S2/c14-9-5-7-10(8-6-9)20(17,18)16-13-15-11-3-1-2-4-12(11)19-13/h5-8H,1-4H2/q-1. The maximum Gasteiger partial charge on any atom is 0.202 e. The number of aromatic nitrogens is 1. The van der Waals surface area contributed by atoms with Gasteiger partial charge in [0.05, 0.1) is 4.90 Å². The molecule has 0 fully saturated rings. The van der Waals surface area contributed by atoms with Gasteiger partial charge in [-0.25, -0.2) is 12.8 Å². The van der Waals surface area contributed by atoms with Gasteiger partial charge in [0.25, 0.3) is 0 Å². The molecule has 7 heteroatoms. The number of halogens is 1. The van der Waals surface area contributed by atoms with Crippen molar-refractivity contribution < 1.29 is 12.8 Å². The van der Waals surface area contributed by atoms with Crippen molar-refractivity contribution in [3.05, 3.63) is 45.4 Å². The molecule has 1 aromatic heterocycles. The highest BCUT2D eigenvalue weighted by Crippen LogP contribution is 2.36. The van der Waals surface area contributed by atoms with E-state index in [1.165, 1.54) is 23.5 Å². The van der Waals surface area contributed by atoms with Gasteiger partial charge in [-0.1, -0.05) is 5.69 Å². The first-order valence-electron chi connectivity index (χ1n) is 6.27. The lowest BCUT2D eigenvalue weighted by molar-refractivity contribution is 0.601. The van der Waals surface area contributed by atoms with Gasteiger partial charge in [0.15, 0.2) is 0 Å². The average molecular weight is 311 g/mol. The number of hydrogen-bond acceptors (Lipinski definition) is 4. The number of fused-ring (bicyclic) bond motifs is 1. The van der Waals surface area contributed by atoms with Crippen molar-refractivity contribution in [2.24, 2.45) is 0 Å². The van der Waals surface area contributed by atoms with Crippen LogP contribution in [0.15, 0.2) is 29.2 Å². The summed E-state index contributed by atoms with van der Waals surface area (Å²) in [5.74, 6) is -0.478. The van der Waals surface area contributed by atoms with E-state index >= 15 is 0 Å². The monoisotopic (exact) mass is 311 g/mol. The number of benzene rings is 1. The van der Waals surface area contributed by atoms with Crippen LogP contribution in [0.5, 0.6) is 0 Å². The Morgan fingerprint density at radius 3 is 2.55 bits per heavy atom. The maximum absolute atomic E-state index is 12.8. The molecule has 0 spiro atoms. The highest BCUT2D eigenvalue weighted by Gasteiger charge is 2.13. The first kappa shape index (κ1) is 13.5. The molecule has 20 heavy (non-hydrogen) atoms. The van der Waals surface area contributed by atoms with Gasteiger partial charge in [-0.05, 0) is 49.9 Å². The molecule has 0 N–H and O–H groups in total. The molecule has 0 atom stereocenters. The van der Waals surface area contributed by atoms with E-state index in [0.717, 1.165) is 48.4 Å². The molecule has 0 aliphatic heterocycles. The number of sulfonamides is 1. The summed E-state index contributed by atoms with van der Waals surface area (Å²) in [5.41, 5.74) is 0.967. The molecule has 3 rings (SSSR count). The molecule has 1 aliphatic rings. The second-order valence-electron chi connectivity index (χ2n) is 4.59. The van der Waals surface area contributed by atoms with Crippen molar-refractivity contribution in [1.82, 2.24) is 4.98 Å². The highest BCUT2D eigenvalue weighted by molar-refractivity contribution is 7.94. The molecular weight excluding hydrogens is 299 g/mol. The van der Waals surface area contributed by atoms with Gasteiger partial charge in [-0.3, -0.25) is 0 Å². The molecule has 1 aliphatic carbocycles. The Kier molecular flexibility index (Phi) is 3.47. The van der Waals surface area contributed by atoms with Crippen LogP contribution in [0.25, 0.3) is 4.72 Å². The molecule has 106 valence electrons. The first-order valence-corrected chi connectivity index (χ1v) is 8.52. The number of rotatable bonds is 3. The lowest BCUT2D eigenvalue weighted by Crippen LogP contribution is -1.99. The fraction of sp³-hybridized carbons (Fsp3) is 0.308. The van der Waals surface area contributed by atoms with Gasteiger partial charge in [0.2, 0.25) is 10.0 Å². The lowest BCUT2D eigenvalue weighted by atomic mass is 10.0. The van der Waals surface area contributed by atoms with Crippen LogP contribution in [0, 0.1) is 5.82 Å². The molecule has 0 bridgehead atoms. The molecular formula is C13H12FN2O2S2-. The van der Waals surface area contributed by atoms with E-state index in [4.69, 9.17) is 0 Å². The fourth-order valence-electron chi connectivity index (χ4n) is 2.14. The molecule has 0 saturated heterocycles. The summed E-state index contributed by atoms with van der Waals surface area (Å²) in [7, 11) is -3.82. The molecule has 2 aromatic rings. The minimum absolute atomic E-state index is 0.0212. The third-order valence-corrected chi connectivity index (χ3v) is 5.59. The summed E-state index contributed by atoms with van der Waals surface area (Å²) in [4.78, 5) is 5.39. The fourth-order valence-corrected chi connectivity index (χ4v) is 4.30. The van der Waals surface area contributed by atoms with Gasteiger partial charge in [-0.2, -0.15) is 0 Å². The molecule has 4 nitrogen and oxygen atoms in total. The van der Waals surface area contributed by atoms with Crippen LogP contribution in [0.3, 0.4) is 0 Å². The third-order valence-electron chi connectivity index (χ3n) is 3.14. The number of aryl methyl sites for hydroxylation is 2. The van der Waals surface area contributed by atoms with Crippen LogP contribution in [0.4, 0.5) is 9.52 Å². The number of hydrogen-bond donors (Lipinski definition) is 0. The van der Waals surface area contributed by atoms with Gasteiger partial charge in [0, 0.05) is 10.0 Å². The van der Waals surface area contributed by atoms with Crippen molar-refractivity contribution in [1.29, 1.82) is 0 Å². The average Bonchev–Trinajstić information content (AvgIpc) is 2.80. The smallest absolute Gasteiger partial charge is 0.202 e. The van der Waals surface area contributed by atoms with Crippen LogP contribution < -0.4 is 0 Å². The van der Waals surface area contributed by atoms with Gasteiger partial charge >= 0.3 is 0 Å². The Morgan fingerprint density at radius 1 is 1.15 bits per heavy atom. The summed E-state index contributed by atoms with van der Waals surface area (Å²) in [6.45, 7) is 0. The van der Waals surface area contributed by atoms with Gasteiger partial charge in [-0.15, -0.1) is 11.3 Å². The normalized spacial score (nSPS) is 14.8. The molecule has 0 amide bonds. The summed E-state index contributed by atoms with van der Waals surface area (Å²) >= 11 is 1.33. The molecule has 0 unspecified atom stereocenters. The predicted molar refractivity (Wildman–Crippen MR) is 75.4 cm³/mol. The molecule has 1 aromatic carbocycles. The Hall–Kier alpha value is -1.47. The first-order chi connectivity index (χ1) is 9.54. The Labute approximate surface area is 120 Å². The molecule has 0 saturated carbocycles. The summed E-state index contributed by atoms with van der Waals surface area (Å²) < 4.78 is 40.8.